The zero-order chi connectivity index (χ0) is 19.9. The second-order valence-corrected chi connectivity index (χ2v) is 7.89. The number of carbonyl (C=O) groups is 1. The maximum absolute atomic E-state index is 12.5. The van der Waals surface area contributed by atoms with Crippen molar-refractivity contribution in [2.45, 2.75) is 52.6 Å². The molecular formula is C21H31N5O2. The molecule has 0 bridgehead atoms. The lowest BCUT2D eigenvalue weighted by Crippen LogP contribution is -2.29. The van der Waals surface area contributed by atoms with Gasteiger partial charge in [-0.15, -0.1) is 5.10 Å². The molecule has 2 N–H and O–H groups in total. The van der Waals surface area contributed by atoms with E-state index < -0.39 is 0 Å². The summed E-state index contributed by atoms with van der Waals surface area (Å²) in [4.78, 5) is 12.5. The van der Waals surface area contributed by atoms with Crippen molar-refractivity contribution in [2.24, 2.45) is 5.92 Å². The van der Waals surface area contributed by atoms with Gasteiger partial charge in [0.15, 0.2) is 5.69 Å². The molecule has 0 unspecified atom stereocenters. The SMILES string of the molecule is Cc1ccc(CNC(=O)c2cn(C3CCNCC3)nn2)c(OCCC(C)C)c1. The van der Waals surface area contributed by atoms with Crippen LogP contribution in [-0.4, -0.2) is 40.6 Å². The molecule has 1 aliphatic heterocycles. The Balaban J connectivity index is 1.59. The minimum Gasteiger partial charge on any atom is -0.493 e. The topological polar surface area (TPSA) is 81.1 Å². The standard InChI is InChI=1S/C21H31N5O2/c1-15(2)8-11-28-20-12-16(3)4-5-17(20)13-23-21(27)19-14-26(25-24-19)18-6-9-22-10-7-18/h4-5,12,14-15,18,22H,6-11,13H2,1-3H3,(H,23,27). The first-order valence-corrected chi connectivity index (χ1v) is 10.2. The summed E-state index contributed by atoms with van der Waals surface area (Å²) >= 11 is 0. The molecule has 1 fully saturated rings. The summed E-state index contributed by atoms with van der Waals surface area (Å²) in [7, 11) is 0. The Morgan fingerprint density at radius 2 is 2.14 bits per heavy atom. The summed E-state index contributed by atoms with van der Waals surface area (Å²) in [6, 6.07) is 6.37. The Kier molecular flexibility index (Phi) is 7.03. The van der Waals surface area contributed by atoms with Crippen molar-refractivity contribution in [2.75, 3.05) is 19.7 Å². The molecule has 0 spiro atoms. The predicted octanol–water partition coefficient (Wildman–Crippen LogP) is 2.87. The molecule has 7 nitrogen and oxygen atoms in total. The molecule has 1 aromatic heterocycles. The smallest absolute Gasteiger partial charge is 0.273 e. The van der Waals surface area contributed by atoms with Crippen LogP contribution in [0.4, 0.5) is 0 Å². The van der Waals surface area contributed by atoms with Crippen molar-refractivity contribution >= 4 is 5.91 Å². The van der Waals surface area contributed by atoms with Gasteiger partial charge in [-0.3, -0.25) is 4.79 Å². The number of piperidine rings is 1. The number of carbonyl (C=O) groups excluding carboxylic acids is 1. The van der Waals surface area contributed by atoms with E-state index in [2.05, 4.69) is 34.8 Å². The fraction of sp³-hybridized carbons (Fsp3) is 0.571. The van der Waals surface area contributed by atoms with Crippen LogP contribution in [0.1, 0.15) is 60.8 Å². The third-order valence-corrected chi connectivity index (χ3v) is 5.04. The van der Waals surface area contributed by atoms with E-state index in [0.717, 1.165) is 49.2 Å². The third kappa shape index (κ3) is 5.55. The molecule has 1 aromatic carbocycles. The average molecular weight is 386 g/mol. The molecule has 0 aliphatic carbocycles. The first kappa shape index (κ1) is 20.3. The van der Waals surface area contributed by atoms with Crippen molar-refractivity contribution in [3.8, 4) is 5.75 Å². The number of hydrogen-bond donors (Lipinski definition) is 2. The number of aryl methyl sites for hydroxylation is 1. The Hall–Kier alpha value is -2.41. The minimum atomic E-state index is -0.214. The molecule has 2 aromatic rings. The Morgan fingerprint density at radius 3 is 2.89 bits per heavy atom. The van der Waals surface area contributed by atoms with E-state index in [1.54, 1.807) is 6.20 Å². The van der Waals surface area contributed by atoms with E-state index in [1.165, 1.54) is 0 Å². The highest BCUT2D eigenvalue weighted by Gasteiger charge is 2.19. The van der Waals surface area contributed by atoms with Crippen LogP contribution in [0.15, 0.2) is 24.4 Å². The number of hydrogen-bond acceptors (Lipinski definition) is 5. The van der Waals surface area contributed by atoms with Gasteiger partial charge in [-0.1, -0.05) is 31.2 Å². The van der Waals surface area contributed by atoms with Crippen LogP contribution >= 0.6 is 0 Å². The number of aromatic nitrogens is 3. The molecule has 1 amide bonds. The fourth-order valence-electron chi connectivity index (χ4n) is 3.24. The summed E-state index contributed by atoms with van der Waals surface area (Å²) in [5, 5.41) is 14.5. The van der Waals surface area contributed by atoms with Crippen LogP contribution in [-0.2, 0) is 6.54 Å². The summed E-state index contributed by atoms with van der Waals surface area (Å²) in [5.41, 5.74) is 2.46. The van der Waals surface area contributed by atoms with E-state index >= 15 is 0 Å². The molecule has 2 heterocycles. The average Bonchev–Trinajstić information content (AvgIpc) is 3.18. The number of nitrogens with one attached hydrogen (secondary N) is 2. The van der Waals surface area contributed by atoms with Crippen molar-refractivity contribution in [3.63, 3.8) is 0 Å². The van der Waals surface area contributed by atoms with Crippen LogP contribution in [0.2, 0.25) is 0 Å². The summed E-state index contributed by atoms with van der Waals surface area (Å²) in [6.45, 7) is 9.41. The van der Waals surface area contributed by atoms with Gasteiger partial charge in [0, 0.05) is 12.1 Å². The third-order valence-electron chi connectivity index (χ3n) is 5.04. The van der Waals surface area contributed by atoms with Gasteiger partial charge in [-0.25, -0.2) is 4.68 Å². The number of nitrogens with zero attached hydrogens (tertiary/aromatic N) is 3. The second-order valence-electron chi connectivity index (χ2n) is 7.89. The van der Waals surface area contributed by atoms with Gasteiger partial charge in [-0.2, -0.15) is 0 Å². The van der Waals surface area contributed by atoms with E-state index in [4.69, 9.17) is 4.74 Å². The highest BCUT2D eigenvalue weighted by molar-refractivity contribution is 5.91. The molecule has 0 radical (unpaired) electrons. The second kappa shape index (κ2) is 9.68. The van der Waals surface area contributed by atoms with Crippen LogP contribution in [0.3, 0.4) is 0 Å². The van der Waals surface area contributed by atoms with Crippen LogP contribution in [0.5, 0.6) is 5.75 Å². The van der Waals surface area contributed by atoms with Gasteiger partial charge in [0.1, 0.15) is 5.75 Å². The van der Waals surface area contributed by atoms with Crippen LogP contribution < -0.4 is 15.4 Å². The van der Waals surface area contributed by atoms with Crippen LogP contribution in [0, 0.1) is 12.8 Å². The van der Waals surface area contributed by atoms with Gasteiger partial charge >= 0.3 is 0 Å². The lowest BCUT2D eigenvalue weighted by atomic mass is 10.1. The van der Waals surface area contributed by atoms with E-state index in [0.29, 0.717) is 30.8 Å². The fourth-order valence-corrected chi connectivity index (χ4v) is 3.24. The molecule has 7 heteroatoms. The summed E-state index contributed by atoms with van der Waals surface area (Å²) < 4.78 is 7.78. The Labute approximate surface area is 166 Å². The minimum absolute atomic E-state index is 0.214. The Bertz CT molecular complexity index is 781. The van der Waals surface area contributed by atoms with Crippen LogP contribution in [0.25, 0.3) is 0 Å². The monoisotopic (exact) mass is 385 g/mol. The van der Waals surface area contributed by atoms with Gasteiger partial charge < -0.3 is 15.4 Å². The van der Waals surface area contributed by atoms with E-state index in [9.17, 15) is 4.79 Å². The molecule has 0 saturated carbocycles. The highest BCUT2D eigenvalue weighted by Crippen LogP contribution is 2.21. The van der Waals surface area contributed by atoms with Gasteiger partial charge in [0.2, 0.25) is 0 Å². The maximum Gasteiger partial charge on any atom is 0.273 e. The molecule has 1 aliphatic rings. The van der Waals surface area contributed by atoms with Crippen molar-refractivity contribution in [1.82, 2.24) is 25.6 Å². The van der Waals surface area contributed by atoms with Gasteiger partial charge in [-0.05, 0) is 56.8 Å². The van der Waals surface area contributed by atoms with Crippen molar-refractivity contribution < 1.29 is 9.53 Å². The maximum atomic E-state index is 12.5. The van der Waals surface area contributed by atoms with Crippen molar-refractivity contribution in [3.05, 3.63) is 41.2 Å². The molecule has 1 saturated heterocycles. The quantitative estimate of drug-likeness (QED) is 0.730. The number of ether oxygens (including phenoxy) is 1. The first-order valence-electron chi connectivity index (χ1n) is 10.2. The lowest BCUT2D eigenvalue weighted by Gasteiger charge is -2.22. The van der Waals surface area contributed by atoms with Crippen molar-refractivity contribution in [1.29, 1.82) is 0 Å². The highest BCUT2D eigenvalue weighted by atomic mass is 16.5. The Morgan fingerprint density at radius 1 is 1.36 bits per heavy atom. The summed E-state index contributed by atoms with van der Waals surface area (Å²) in [6.07, 6.45) is 4.76. The number of amides is 1. The zero-order valence-electron chi connectivity index (χ0n) is 17.1. The molecule has 28 heavy (non-hydrogen) atoms. The summed E-state index contributed by atoms with van der Waals surface area (Å²) in [5.74, 6) is 1.21. The molecule has 3 rings (SSSR count). The van der Waals surface area contributed by atoms with E-state index in [1.807, 2.05) is 29.8 Å². The normalized spacial score (nSPS) is 15.0. The largest absolute Gasteiger partial charge is 0.493 e. The molecule has 0 atom stereocenters. The molecular weight excluding hydrogens is 354 g/mol. The first-order chi connectivity index (χ1) is 13.5. The van der Waals surface area contributed by atoms with E-state index in [-0.39, 0.29) is 5.91 Å². The molecule has 152 valence electrons. The van der Waals surface area contributed by atoms with Gasteiger partial charge in [0.25, 0.3) is 5.91 Å². The zero-order valence-corrected chi connectivity index (χ0v) is 17.1. The number of rotatable bonds is 8. The number of benzene rings is 1. The predicted molar refractivity (Wildman–Crippen MR) is 108 cm³/mol. The lowest BCUT2D eigenvalue weighted by molar-refractivity contribution is 0.0945. The van der Waals surface area contributed by atoms with Gasteiger partial charge in [0.05, 0.1) is 18.8 Å².